The average Bonchev–Trinajstić information content (AvgIpc) is 2.58. The van der Waals surface area contributed by atoms with Gasteiger partial charge in [-0.2, -0.15) is 4.31 Å². The standard InChI is InChI=1S/C17H28N2O4S/c1-15-4-3-5-17(14-15)24(20,21)19(10-11-23-13-12-22-2)16-6-8-18-9-7-16/h3-5,14,16,18H,6-13H2,1-2H3. The van der Waals surface area contributed by atoms with Crippen molar-refractivity contribution in [2.75, 3.05) is 46.6 Å². The molecule has 24 heavy (non-hydrogen) atoms. The van der Waals surface area contributed by atoms with Crippen molar-refractivity contribution in [3.63, 3.8) is 0 Å². The number of nitrogens with zero attached hydrogens (tertiary/aromatic N) is 1. The Morgan fingerprint density at radius 3 is 2.62 bits per heavy atom. The molecule has 0 spiro atoms. The van der Waals surface area contributed by atoms with E-state index < -0.39 is 10.0 Å². The van der Waals surface area contributed by atoms with E-state index >= 15 is 0 Å². The van der Waals surface area contributed by atoms with Crippen molar-refractivity contribution in [2.45, 2.75) is 30.7 Å². The summed E-state index contributed by atoms with van der Waals surface area (Å²) in [6.45, 7) is 5.31. The van der Waals surface area contributed by atoms with Crippen LogP contribution >= 0.6 is 0 Å². The zero-order valence-corrected chi connectivity index (χ0v) is 15.3. The van der Waals surface area contributed by atoms with Crippen LogP contribution in [0.1, 0.15) is 18.4 Å². The number of nitrogens with one attached hydrogen (secondary N) is 1. The van der Waals surface area contributed by atoms with E-state index in [2.05, 4.69) is 5.32 Å². The van der Waals surface area contributed by atoms with E-state index in [0.29, 0.717) is 31.3 Å². The molecule has 0 bridgehead atoms. The fourth-order valence-electron chi connectivity index (χ4n) is 2.90. The molecule has 1 aromatic carbocycles. The second-order valence-electron chi connectivity index (χ2n) is 6.02. The van der Waals surface area contributed by atoms with E-state index in [1.807, 2.05) is 13.0 Å². The van der Waals surface area contributed by atoms with Gasteiger partial charge in [-0.1, -0.05) is 12.1 Å². The second-order valence-corrected chi connectivity index (χ2v) is 7.91. The lowest BCUT2D eigenvalue weighted by molar-refractivity contribution is 0.0613. The van der Waals surface area contributed by atoms with Gasteiger partial charge in [0.15, 0.2) is 0 Å². The summed E-state index contributed by atoms with van der Waals surface area (Å²) in [6.07, 6.45) is 1.65. The van der Waals surface area contributed by atoms with Crippen LogP contribution in [0.15, 0.2) is 29.2 Å². The highest BCUT2D eigenvalue weighted by Crippen LogP contribution is 2.23. The molecule has 1 heterocycles. The van der Waals surface area contributed by atoms with Gasteiger partial charge in [0.1, 0.15) is 0 Å². The van der Waals surface area contributed by atoms with Crippen LogP contribution in [0.3, 0.4) is 0 Å². The van der Waals surface area contributed by atoms with Gasteiger partial charge in [-0.25, -0.2) is 8.42 Å². The third kappa shape index (κ3) is 5.26. The zero-order chi connectivity index (χ0) is 17.4. The maximum atomic E-state index is 13.1. The molecule has 0 aliphatic carbocycles. The van der Waals surface area contributed by atoms with Gasteiger partial charge in [0.25, 0.3) is 0 Å². The van der Waals surface area contributed by atoms with Crippen LogP contribution in [-0.2, 0) is 19.5 Å². The van der Waals surface area contributed by atoms with E-state index in [0.717, 1.165) is 31.5 Å². The predicted octanol–water partition coefficient (Wildman–Crippen LogP) is 1.40. The van der Waals surface area contributed by atoms with Gasteiger partial charge < -0.3 is 14.8 Å². The van der Waals surface area contributed by atoms with Gasteiger partial charge >= 0.3 is 0 Å². The maximum absolute atomic E-state index is 13.1. The summed E-state index contributed by atoms with van der Waals surface area (Å²) in [7, 11) is -1.90. The Balaban J connectivity index is 2.13. The molecule has 0 atom stereocenters. The van der Waals surface area contributed by atoms with E-state index in [-0.39, 0.29) is 6.04 Å². The van der Waals surface area contributed by atoms with E-state index in [1.54, 1.807) is 29.6 Å². The molecule has 1 N–H and O–H groups in total. The monoisotopic (exact) mass is 356 g/mol. The smallest absolute Gasteiger partial charge is 0.243 e. The summed E-state index contributed by atoms with van der Waals surface area (Å²) in [6, 6.07) is 7.11. The van der Waals surface area contributed by atoms with Crippen molar-refractivity contribution in [2.24, 2.45) is 0 Å². The summed E-state index contributed by atoms with van der Waals surface area (Å²) < 4.78 is 38.3. The number of aryl methyl sites for hydroxylation is 1. The molecule has 6 nitrogen and oxygen atoms in total. The van der Waals surface area contributed by atoms with Crippen LogP contribution in [-0.4, -0.2) is 65.3 Å². The highest BCUT2D eigenvalue weighted by molar-refractivity contribution is 7.89. The lowest BCUT2D eigenvalue weighted by Gasteiger charge is -2.33. The molecule has 1 fully saturated rings. The third-order valence-corrected chi connectivity index (χ3v) is 6.15. The van der Waals surface area contributed by atoms with Crippen molar-refractivity contribution >= 4 is 10.0 Å². The Bertz CT molecular complexity index is 600. The summed E-state index contributed by atoms with van der Waals surface area (Å²) in [5.74, 6) is 0. The SMILES string of the molecule is COCCOCCN(C1CCNCC1)S(=O)(=O)c1cccc(C)c1. The fourth-order valence-corrected chi connectivity index (χ4v) is 4.68. The molecule has 0 unspecified atom stereocenters. The quantitative estimate of drug-likeness (QED) is 0.678. The van der Waals surface area contributed by atoms with Crippen LogP contribution < -0.4 is 5.32 Å². The van der Waals surface area contributed by atoms with Crippen molar-refractivity contribution in [3.05, 3.63) is 29.8 Å². The average molecular weight is 356 g/mol. The molecule has 1 aromatic rings. The minimum Gasteiger partial charge on any atom is -0.382 e. The minimum atomic E-state index is -3.52. The predicted molar refractivity (Wildman–Crippen MR) is 93.7 cm³/mol. The number of hydrogen-bond acceptors (Lipinski definition) is 5. The first-order valence-corrected chi connectivity index (χ1v) is 9.85. The number of hydrogen-bond donors (Lipinski definition) is 1. The summed E-state index contributed by atoms with van der Waals surface area (Å²) in [5, 5.41) is 3.28. The normalized spacial score (nSPS) is 16.6. The number of methoxy groups -OCH3 is 1. The minimum absolute atomic E-state index is 0.0165. The molecule has 1 aliphatic heterocycles. The summed E-state index contributed by atoms with van der Waals surface area (Å²) >= 11 is 0. The van der Waals surface area contributed by atoms with Gasteiger partial charge in [0, 0.05) is 19.7 Å². The molecule has 0 saturated carbocycles. The zero-order valence-electron chi connectivity index (χ0n) is 14.5. The van der Waals surface area contributed by atoms with Crippen molar-refractivity contribution in [3.8, 4) is 0 Å². The molecule has 2 rings (SSSR count). The lowest BCUT2D eigenvalue weighted by Crippen LogP contribution is -2.47. The number of ether oxygens (including phenoxy) is 2. The molecule has 0 radical (unpaired) electrons. The number of benzene rings is 1. The van der Waals surface area contributed by atoms with Crippen molar-refractivity contribution < 1.29 is 17.9 Å². The lowest BCUT2D eigenvalue weighted by atomic mass is 10.1. The Kier molecular flexibility index (Phi) is 7.64. The van der Waals surface area contributed by atoms with Crippen LogP contribution in [0.5, 0.6) is 0 Å². The first-order chi connectivity index (χ1) is 11.6. The maximum Gasteiger partial charge on any atom is 0.243 e. The van der Waals surface area contributed by atoms with Gasteiger partial charge in [-0.05, 0) is 50.6 Å². The van der Waals surface area contributed by atoms with E-state index in [1.165, 1.54) is 0 Å². The van der Waals surface area contributed by atoms with Crippen molar-refractivity contribution in [1.29, 1.82) is 0 Å². The van der Waals surface area contributed by atoms with Crippen LogP contribution in [0.2, 0.25) is 0 Å². The van der Waals surface area contributed by atoms with E-state index in [4.69, 9.17) is 9.47 Å². The van der Waals surface area contributed by atoms with Crippen LogP contribution in [0.25, 0.3) is 0 Å². The molecule has 7 heteroatoms. The summed E-state index contributed by atoms with van der Waals surface area (Å²) in [4.78, 5) is 0.359. The molecule has 1 aliphatic rings. The Morgan fingerprint density at radius 1 is 1.21 bits per heavy atom. The number of piperidine rings is 1. The third-order valence-electron chi connectivity index (χ3n) is 4.20. The molecule has 0 aromatic heterocycles. The molecule has 136 valence electrons. The highest BCUT2D eigenvalue weighted by Gasteiger charge is 2.32. The molecule has 0 amide bonds. The Labute approximate surface area is 145 Å². The topological polar surface area (TPSA) is 67.9 Å². The molecular weight excluding hydrogens is 328 g/mol. The Morgan fingerprint density at radius 2 is 1.96 bits per heavy atom. The molecular formula is C17H28N2O4S. The number of sulfonamides is 1. The Hall–Kier alpha value is -0.990. The van der Waals surface area contributed by atoms with Gasteiger partial charge in [-0.3, -0.25) is 0 Å². The first kappa shape index (κ1) is 19.3. The second kappa shape index (κ2) is 9.48. The van der Waals surface area contributed by atoms with Gasteiger partial charge in [0.2, 0.25) is 10.0 Å². The van der Waals surface area contributed by atoms with Gasteiger partial charge in [0.05, 0.1) is 24.7 Å². The number of rotatable bonds is 9. The van der Waals surface area contributed by atoms with E-state index in [9.17, 15) is 8.42 Å². The largest absolute Gasteiger partial charge is 0.382 e. The van der Waals surface area contributed by atoms with Crippen LogP contribution in [0.4, 0.5) is 0 Å². The van der Waals surface area contributed by atoms with Gasteiger partial charge in [-0.15, -0.1) is 0 Å². The van der Waals surface area contributed by atoms with Crippen LogP contribution in [0, 0.1) is 6.92 Å². The highest BCUT2D eigenvalue weighted by atomic mass is 32.2. The van der Waals surface area contributed by atoms with Crippen molar-refractivity contribution in [1.82, 2.24) is 9.62 Å². The molecule has 1 saturated heterocycles. The fraction of sp³-hybridized carbons (Fsp3) is 0.647. The first-order valence-electron chi connectivity index (χ1n) is 8.41. The summed E-state index contributed by atoms with van der Waals surface area (Å²) in [5.41, 5.74) is 0.942.